The average Bonchev–Trinajstić information content (AvgIpc) is 1.98. The summed E-state index contributed by atoms with van der Waals surface area (Å²) in [6.45, 7) is 7.85. The van der Waals surface area contributed by atoms with Gasteiger partial charge in [-0.25, -0.2) is 0 Å². The molecule has 3 nitrogen and oxygen atoms in total. The molecule has 13 heavy (non-hydrogen) atoms. The highest BCUT2D eigenvalue weighted by Crippen LogP contribution is 2.09. The summed E-state index contributed by atoms with van der Waals surface area (Å²) < 4.78 is 11.0. The molecule has 76 valence electrons. The van der Waals surface area contributed by atoms with E-state index in [-0.39, 0.29) is 18.5 Å². The topological polar surface area (TPSA) is 42.2 Å². The number of nitrogens with zero attached hydrogens (tertiary/aromatic N) is 1. The summed E-state index contributed by atoms with van der Waals surface area (Å²) in [7, 11) is 0. The molecular formula is C10H19NO2. The summed E-state index contributed by atoms with van der Waals surface area (Å²) >= 11 is 0. The number of nitriles is 1. The third-order valence-corrected chi connectivity index (χ3v) is 1.34. The van der Waals surface area contributed by atoms with Gasteiger partial charge in [0, 0.05) is 12.8 Å². The lowest BCUT2D eigenvalue weighted by atomic mass is 10.3. The van der Waals surface area contributed by atoms with Crippen molar-refractivity contribution in [1.29, 1.82) is 5.26 Å². The predicted molar refractivity (Wildman–Crippen MR) is 51.1 cm³/mol. The number of rotatable bonds is 6. The first-order valence-corrected chi connectivity index (χ1v) is 4.74. The van der Waals surface area contributed by atoms with Crippen LogP contribution in [0, 0.1) is 11.3 Å². The Hall–Kier alpha value is -0.590. The first-order chi connectivity index (χ1) is 6.06. The molecule has 0 heterocycles. The van der Waals surface area contributed by atoms with Gasteiger partial charge in [-0.2, -0.15) is 5.26 Å². The van der Waals surface area contributed by atoms with E-state index >= 15 is 0 Å². The van der Waals surface area contributed by atoms with Crippen LogP contribution in [0.2, 0.25) is 0 Å². The Morgan fingerprint density at radius 3 is 1.85 bits per heavy atom. The zero-order valence-corrected chi connectivity index (χ0v) is 8.91. The Kier molecular flexibility index (Phi) is 6.56. The van der Waals surface area contributed by atoms with Gasteiger partial charge in [-0.15, -0.1) is 0 Å². The van der Waals surface area contributed by atoms with Crippen LogP contribution in [0.25, 0.3) is 0 Å². The molecule has 3 heteroatoms. The summed E-state index contributed by atoms with van der Waals surface area (Å²) in [5.41, 5.74) is 0. The van der Waals surface area contributed by atoms with E-state index in [4.69, 9.17) is 14.7 Å². The molecule has 0 radical (unpaired) electrons. The fourth-order valence-electron chi connectivity index (χ4n) is 0.958. The smallest absolute Gasteiger partial charge is 0.159 e. The van der Waals surface area contributed by atoms with Crippen molar-refractivity contribution >= 4 is 0 Å². The molecule has 0 aliphatic rings. The van der Waals surface area contributed by atoms with Crippen molar-refractivity contribution < 1.29 is 9.47 Å². The molecule has 0 unspecified atom stereocenters. The largest absolute Gasteiger partial charge is 0.350 e. The summed E-state index contributed by atoms with van der Waals surface area (Å²) in [6, 6.07) is 2.08. The lowest BCUT2D eigenvalue weighted by Crippen LogP contribution is -2.24. The van der Waals surface area contributed by atoms with Crippen LogP contribution in [0.5, 0.6) is 0 Å². The highest BCUT2D eigenvalue weighted by atomic mass is 16.7. The Bertz CT molecular complexity index is 151. The normalized spacial score (nSPS) is 11.2. The van der Waals surface area contributed by atoms with E-state index in [1.807, 2.05) is 27.7 Å². The minimum atomic E-state index is -0.236. The first-order valence-electron chi connectivity index (χ1n) is 4.74. The van der Waals surface area contributed by atoms with E-state index in [0.717, 1.165) is 0 Å². The molecule has 0 saturated heterocycles. The molecular weight excluding hydrogens is 166 g/mol. The Morgan fingerprint density at radius 2 is 1.54 bits per heavy atom. The van der Waals surface area contributed by atoms with Crippen molar-refractivity contribution in [3.63, 3.8) is 0 Å². The van der Waals surface area contributed by atoms with Gasteiger partial charge in [0.2, 0.25) is 0 Å². The second-order valence-corrected chi connectivity index (χ2v) is 3.50. The van der Waals surface area contributed by atoms with Gasteiger partial charge in [-0.1, -0.05) is 0 Å². The van der Waals surface area contributed by atoms with Crippen LogP contribution >= 0.6 is 0 Å². The van der Waals surface area contributed by atoms with Gasteiger partial charge in [0.25, 0.3) is 0 Å². The molecule has 0 aromatic carbocycles. The lowest BCUT2D eigenvalue weighted by Gasteiger charge is -2.21. The highest BCUT2D eigenvalue weighted by Gasteiger charge is 2.12. The number of ether oxygens (including phenoxy) is 2. The van der Waals surface area contributed by atoms with Crippen LogP contribution in [-0.2, 0) is 9.47 Å². The molecule has 0 saturated carbocycles. The van der Waals surface area contributed by atoms with Crippen LogP contribution in [0.15, 0.2) is 0 Å². The second-order valence-electron chi connectivity index (χ2n) is 3.50. The zero-order valence-electron chi connectivity index (χ0n) is 8.91. The minimum absolute atomic E-state index is 0.141. The summed E-state index contributed by atoms with van der Waals surface area (Å²) in [6.07, 6.45) is 1.17. The fraction of sp³-hybridized carbons (Fsp3) is 0.900. The van der Waals surface area contributed by atoms with Gasteiger partial charge in [-0.05, 0) is 27.7 Å². The van der Waals surface area contributed by atoms with E-state index in [2.05, 4.69) is 6.07 Å². The van der Waals surface area contributed by atoms with Gasteiger partial charge in [0.1, 0.15) is 0 Å². The number of hydrogen-bond acceptors (Lipinski definition) is 3. The lowest BCUT2D eigenvalue weighted by molar-refractivity contribution is -0.182. The van der Waals surface area contributed by atoms with Crippen LogP contribution in [-0.4, -0.2) is 18.5 Å². The molecule has 0 bridgehead atoms. The molecule has 0 aromatic heterocycles. The van der Waals surface area contributed by atoms with Crippen molar-refractivity contribution in [3.05, 3.63) is 0 Å². The molecule has 0 atom stereocenters. The van der Waals surface area contributed by atoms with Crippen molar-refractivity contribution in [3.8, 4) is 6.07 Å². The maximum absolute atomic E-state index is 8.42. The van der Waals surface area contributed by atoms with E-state index in [9.17, 15) is 0 Å². The number of hydrogen-bond donors (Lipinski definition) is 0. The summed E-state index contributed by atoms with van der Waals surface area (Å²) in [5, 5.41) is 8.42. The highest BCUT2D eigenvalue weighted by molar-refractivity contribution is 4.69. The van der Waals surface area contributed by atoms with Crippen molar-refractivity contribution in [1.82, 2.24) is 0 Å². The van der Waals surface area contributed by atoms with Gasteiger partial charge in [-0.3, -0.25) is 0 Å². The molecule has 0 N–H and O–H groups in total. The van der Waals surface area contributed by atoms with Crippen molar-refractivity contribution in [2.24, 2.45) is 0 Å². The van der Waals surface area contributed by atoms with Gasteiger partial charge in [0.05, 0.1) is 18.3 Å². The second kappa shape index (κ2) is 6.88. The maximum atomic E-state index is 8.42. The Morgan fingerprint density at radius 1 is 1.08 bits per heavy atom. The summed E-state index contributed by atoms with van der Waals surface area (Å²) in [5.74, 6) is 0. The van der Waals surface area contributed by atoms with Gasteiger partial charge < -0.3 is 9.47 Å². The van der Waals surface area contributed by atoms with Crippen molar-refractivity contribution in [2.45, 2.75) is 59.0 Å². The third-order valence-electron chi connectivity index (χ3n) is 1.34. The van der Waals surface area contributed by atoms with Crippen LogP contribution in [0.4, 0.5) is 0 Å². The standard InChI is InChI=1S/C10H19NO2/c1-8(2)12-10(6-5-7-11)13-9(3)4/h8-10H,5-6H2,1-4H3. The van der Waals surface area contributed by atoms with Gasteiger partial charge in [0.15, 0.2) is 6.29 Å². The molecule has 0 aliphatic heterocycles. The van der Waals surface area contributed by atoms with E-state index in [1.54, 1.807) is 0 Å². The van der Waals surface area contributed by atoms with Gasteiger partial charge >= 0.3 is 0 Å². The van der Waals surface area contributed by atoms with Crippen molar-refractivity contribution in [2.75, 3.05) is 0 Å². The third kappa shape index (κ3) is 7.76. The molecule has 0 spiro atoms. The maximum Gasteiger partial charge on any atom is 0.159 e. The van der Waals surface area contributed by atoms with E-state index in [0.29, 0.717) is 12.8 Å². The molecule has 0 aromatic rings. The zero-order chi connectivity index (χ0) is 10.3. The summed E-state index contributed by atoms with van der Waals surface area (Å²) in [4.78, 5) is 0. The minimum Gasteiger partial charge on any atom is -0.350 e. The quantitative estimate of drug-likeness (QED) is 0.597. The molecule has 0 fully saturated rings. The Balaban J connectivity index is 3.81. The van der Waals surface area contributed by atoms with Crippen LogP contribution in [0.3, 0.4) is 0 Å². The van der Waals surface area contributed by atoms with Crippen LogP contribution in [0.1, 0.15) is 40.5 Å². The average molecular weight is 185 g/mol. The molecule has 0 amide bonds. The van der Waals surface area contributed by atoms with E-state index < -0.39 is 0 Å². The SMILES string of the molecule is CC(C)OC(CCC#N)OC(C)C. The predicted octanol–water partition coefficient (Wildman–Crippen LogP) is 2.47. The monoisotopic (exact) mass is 185 g/mol. The van der Waals surface area contributed by atoms with E-state index in [1.165, 1.54) is 0 Å². The fourth-order valence-corrected chi connectivity index (χ4v) is 0.958. The van der Waals surface area contributed by atoms with Crippen LogP contribution < -0.4 is 0 Å². The Labute approximate surface area is 80.6 Å². The molecule has 0 aliphatic carbocycles. The first kappa shape index (κ1) is 12.4. The molecule has 0 rings (SSSR count).